The molecule has 7 nitrogen and oxygen atoms in total. The van der Waals surface area contributed by atoms with Gasteiger partial charge in [-0.1, -0.05) is 18.2 Å². The van der Waals surface area contributed by atoms with Crippen LogP contribution in [0.5, 0.6) is 0 Å². The van der Waals surface area contributed by atoms with Crippen molar-refractivity contribution < 1.29 is 4.79 Å². The number of rotatable bonds is 6. The number of carbonyl (C=O) groups is 1. The van der Waals surface area contributed by atoms with E-state index in [1.54, 1.807) is 6.20 Å². The second-order valence-electron chi connectivity index (χ2n) is 7.64. The molecule has 154 valence electrons. The van der Waals surface area contributed by atoms with Crippen molar-refractivity contribution in [2.24, 2.45) is 0 Å². The van der Waals surface area contributed by atoms with E-state index in [4.69, 9.17) is 0 Å². The molecular weight excluding hydrogens is 378 g/mol. The normalized spacial score (nSPS) is 16.1. The van der Waals surface area contributed by atoms with E-state index in [1.165, 1.54) is 6.07 Å². The molecule has 0 unspecified atom stereocenters. The lowest BCUT2D eigenvalue weighted by molar-refractivity contribution is -0.117. The minimum atomic E-state index is -0.224. The van der Waals surface area contributed by atoms with E-state index >= 15 is 0 Å². The Morgan fingerprint density at radius 3 is 2.83 bits per heavy atom. The van der Waals surface area contributed by atoms with E-state index < -0.39 is 0 Å². The maximum atomic E-state index is 12.7. The van der Waals surface area contributed by atoms with Crippen LogP contribution in [0.15, 0.2) is 53.5 Å². The van der Waals surface area contributed by atoms with Gasteiger partial charge in [-0.15, -0.1) is 0 Å². The maximum absolute atomic E-state index is 12.7. The van der Waals surface area contributed by atoms with Crippen molar-refractivity contribution in [3.05, 3.63) is 81.5 Å². The first-order valence-corrected chi connectivity index (χ1v) is 10.1. The SMILES string of the molecule is Cc1cccc(N2C[C@@H](c3cc(=O)[nH]c(NCCc4ccccn4)n3)CC2=O)c1C. The standard InChI is InChI=1S/C23H25N5O2/c1-15-6-5-8-20(16(15)2)28-14-17(12-22(28)30)19-13-21(29)27-23(26-19)25-11-9-18-7-3-4-10-24-18/h3-8,10,13,17H,9,11-12,14H2,1-2H3,(H2,25,26,27,29)/t17-/m0/s1. The summed E-state index contributed by atoms with van der Waals surface area (Å²) in [6.45, 7) is 5.19. The summed E-state index contributed by atoms with van der Waals surface area (Å²) in [6.07, 6.45) is 2.82. The topological polar surface area (TPSA) is 91.0 Å². The van der Waals surface area contributed by atoms with E-state index in [-0.39, 0.29) is 17.4 Å². The van der Waals surface area contributed by atoms with Crippen LogP contribution in [0.2, 0.25) is 0 Å². The second-order valence-corrected chi connectivity index (χ2v) is 7.64. The van der Waals surface area contributed by atoms with Gasteiger partial charge in [0.05, 0.1) is 5.69 Å². The van der Waals surface area contributed by atoms with Gasteiger partial charge in [0.15, 0.2) is 0 Å². The number of H-pyrrole nitrogens is 1. The van der Waals surface area contributed by atoms with Crippen LogP contribution in [0.1, 0.15) is 34.9 Å². The van der Waals surface area contributed by atoms with Gasteiger partial charge in [0.1, 0.15) is 0 Å². The highest BCUT2D eigenvalue weighted by Crippen LogP contribution is 2.33. The molecule has 0 saturated carbocycles. The summed E-state index contributed by atoms with van der Waals surface area (Å²) < 4.78 is 0. The molecule has 1 atom stereocenters. The van der Waals surface area contributed by atoms with Crippen molar-refractivity contribution in [2.75, 3.05) is 23.3 Å². The summed E-state index contributed by atoms with van der Waals surface area (Å²) >= 11 is 0. The largest absolute Gasteiger partial charge is 0.355 e. The average Bonchev–Trinajstić information content (AvgIpc) is 3.12. The highest BCUT2D eigenvalue weighted by molar-refractivity contribution is 5.97. The predicted octanol–water partition coefficient (Wildman–Crippen LogP) is 2.96. The number of amides is 1. The fourth-order valence-electron chi connectivity index (χ4n) is 3.79. The number of hydrogen-bond acceptors (Lipinski definition) is 5. The maximum Gasteiger partial charge on any atom is 0.252 e. The highest BCUT2D eigenvalue weighted by Gasteiger charge is 2.33. The zero-order valence-corrected chi connectivity index (χ0v) is 17.2. The summed E-state index contributed by atoms with van der Waals surface area (Å²) in [7, 11) is 0. The van der Waals surface area contributed by atoms with Crippen LogP contribution in [0, 0.1) is 13.8 Å². The molecule has 3 heterocycles. The zero-order chi connectivity index (χ0) is 21.1. The summed E-state index contributed by atoms with van der Waals surface area (Å²) in [5.41, 5.74) is 4.56. The molecule has 0 radical (unpaired) electrons. The van der Waals surface area contributed by atoms with Gasteiger partial charge < -0.3 is 10.2 Å². The average molecular weight is 403 g/mol. The van der Waals surface area contributed by atoms with Crippen LogP contribution in [0.25, 0.3) is 0 Å². The first-order chi connectivity index (χ1) is 14.5. The van der Waals surface area contributed by atoms with Crippen molar-refractivity contribution in [1.29, 1.82) is 0 Å². The van der Waals surface area contributed by atoms with Crippen molar-refractivity contribution in [1.82, 2.24) is 15.0 Å². The van der Waals surface area contributed by atoms with E-state index in [0.29, 0.717) is 31.2 Å². The first kappa shape index (κ1) is 19.8. The van der Waals surface area contributed by atoms with Gasteiger partial charge in [0.2, 0.25) is 11.9 Å². The quantitative estimate of drug-likeness (QED) is 0.660. The number of aryl methyl sites for hydroxylation is 1. The summed E-state index contributed by atoms with van der Waals surface area (Å²) in [6, 6.07) is 13.3. The molecule has 2 N–H and O–H groups in total. The Labute approximate surface area is 175 Å². The molecular formula is C23H25N5O2. The van der Waals surface area contributed by atoms with Gasteiger partial charge in [-0.05, 0) is 43.2 Å². The Bertz CT molecular complexity index is 1110. The third-order valence-corrected chi connectivity index (χ3v) is 5.57. The van der Waals surface area contributed by atoms with Crippen LogP contribution < -0.4 is 15.8 Å². The van der Waals surface area contributed by atoms with Crippen LogP contribution in [0.3, 0.4) is 0 Å². The summed E-state index contributed by atoms with van der Waals surface area (Å²) in [4.78, 5) is 38.3. The number of anilines is 2. The fraction of sp³-hybridized carbons (Fsp3) is 0.304. The van der Waals surface area contributed by atoms with Crippen LogP contribution in [-0.4, -0.2) is 33.9 Å². The molecule has 7 heteroatoms. The molecule has 1 aliphatic rings. The third kappa shape index (κ3) is 4.25. The molecule has 1 amide bonds. The molecule has 0 spiro atoms. The molecule has 1 fully saturated rings. The van der Waals surface area contributed by atoms with Gasteiger partial charge >= 0.3 is 0 Å². The zero-order valence-electron chi connectivity index (χ0n) is 17.2. The monoisotopic (exact) mass is 403 g/mol. The van der Waals surface area contributed by atoms with Crippen LogP contribution in [-0.2, 0) is 11.2 Å². The Balaban J connectivity index is 1.48. The molecule has 1 saturated heterocycles. The van der Waals surface area contributed by atoms with E-state index in [2.05, 4.69) is 20.3 Å². The smallest absolute Gasteiger partial charge is 0.252 e. The third-order valence-electron chi connectivity index (χ3n) is 5.57. The minimum absolute atomic E-state index is 0.0560. The Morgan fingerprint density at radius 1 is 1.17 bits per heavy atom. The lowest BCUT2D eigenvalue weighted by Gasteiger charge is -2.20. The number of aromatic amines is 1. The van der Waals surface area contributed by atoms with Gasteiger partial charge in [0.25, 0.3) is 5.56 Å². The van der Waals surface area contributed by atoms with Crippen molar-refractivity contribution >= 4 is 17.5 Å². The van der Waals surface area contributed by atoms with Crippen molar-refractivity contribution in [3.8, 4) is 0 Å². The first-order valence-electron chi connectivity index (χ1n) is 10.1. The summed E-state index contributed by atoms with van der Waals surface area (Å²) in [5, 5.41) is 3.16. The molecule has 1 aromatic carbocycles. The number of hydrogen-bond donors (Lipinski definition) is 2. The molecule has 3 aromatic rings. The van der Waals surface area contributed by atoms with Crippen molar-refractivity contribution in [2.45, 2.75) is 32.6 Å². The number of benzene rings is 1. The van der Waals surface area contributed by atoms with Gasteiger partial charge in [-0.3, -0.25) is 19.6 Å². The van der Waals surface area contributed by atoms with E-state index in [9.17, 15) is 9.59 Å². The summed E-state index contributed by atoms with van der Waals surface area (Å²) in [5.74, 6) is 0.363. The minimum Gasteiger partial charge on any atom is -0.355 e. The molecule has 1 aliphatic heterocycles. The number of nitrogens with zero attached hydrogens (tertiary/aromatic N) is 3. The lowest BCUT2D eigenvalue weighted by Crippen LogP contribution is -2.25. The lowest BCUT2D eigenvalue weighted by atomic mass is 10.0. The Kier molecular flexibility index (Phi) is 5.61. The number of carbonyl (C=O) groups excluding carboxylic acids is 1. The van der Waals surface area contributed by atoms with Crippen LogP contribution >= 0.6 is 0 Å². The van der Waals surface area contributed by atoms with Gasteiger partial charge in [-0.25, -0.2) is 4.98 Å². The highest BCUT2D eigenvalue weighted by atomic mass is 16.2. The molecule has 0 bridgehead atoms. The predicted molar refractivity (Wildman–Crippen MR) is 117 cm³/mol. The second kappa shape index (κ2) is 8.49. The Morgan fingerprint density at radius 2 is 2.03 bits per heavy atom. The molecule has 0 aliphatic carbocycles. The van der Waals surface area contributed by atoms with Crippen LogP contribution in [0.4, 0.5) is 11.6 Å². The molecule has 30 heavy (non-hydrogen) atoms. The van der Waals surface area contributed by atoms with E-state index in [0.717, 1.165) is 28.9 Å². The Hall–Kier alpha value is -3.48. The fourth-order valence-corrected chi connectivity index (χ4v) is 3.79. The molecule has 4 rings (SSSR count). The number of pyridine rings is 1. The number of aromatic nitrogens is 3. The van der Waals surface area contributed by atoms with Gasteiger partial charge in [-0.2, -0.15) is 0 Å². The van der Waals surface area contributed by atoms with Gasteiger partial charge in [0, 0.05) is 55.5 Å². The van der Waals surface area contributed by atoms with E-state index in [1.807, 2.05) is 55.1 Å². The number of nitrogens with one attached hydrogen (secondary N) is 2. The van der Waals surface area contributed by atoms with Crippen molar-refractivity contribution in [3.63, 3.8) is 0 Å². The molecule has 2 aromatic heterocycles.